The van der Waals surface area contributed by atoms with Crippen molar-refractivity contribution in [3.63, 3.8) is 0 Å². The summed E-state index contributed by atoms with van der Waals surface area (Å²) >= 11 is 17.4. The second-order valence-corrected chi connectivity index (χ2v) is 5.94. The molecule has 0 aliphatic rings. The highest BCUT2D eigenvalue weighted by atomic mass is 35.5. The molecule has 20 heavy (non-hydrogen) atoms. The van der Waals surface area contributed by atoms with Gasteiger partial charge in [0.15, 0.2) is 0 Å². The van der Waals surface area contributed by atoms with Gasteiger partial charge in [-0.15, -0.1) is 0 Å². The van der Waals surface area contributed by atoms with Crippen molar-refractivity contribution in [2.75, 3.05) is 56.4 Å². The van der Waals surface area contributed by atoms with Gasteiger partial charge in [0.1, 0.15) is 0 Å². The Hall–Kier alpha value is 0.260. The number of nitrogens with zero attached hydrogens (tertiary/aromatic N) is 4. The molecule has 128 valence electrons. The van der Waals surface area contributed by atoms with Crippen LogP contribution in [-0.4, -0.2) is 85.5 Å². The number of hydrogen-bond acceptors (Lipinski definition) is 2. The smallest absolute Gasteiger partial charge is 0.266 e. The first kappa shape index (κ1) is 32.3. The highest BCUT2D eigenvalue weighted by molar-refractivity contribution is 6.62. The first-order valence-corrected chi connectivity index (χ1v) is 6.17. The predicted octanol–water partition coefficient (Wildman–Crippen LogP) is 3.52. The average molecular weight is 355 g/mol. The molecule has 0 spiro atoms. The molecule has 0 aliphatic carbocycles. The van der Waals surface area contributed by atoms with Crippen LogP contribution in [0.5, 0.6) is 0 Å². The van der Waals surface area contributed by atoms with E-state index in [1.54, 1.807) is 9.80 Å². The highest BCUT2D eigenvalue weighted by Crippen LogP contribution is 2.24. The van der Waals surface area contributed by atoms with Gasteiger partial charge in [0, 0.05) is 11.6 Å². The third-order valence-electron chi connectivity index (χ3n) is 1.81. The van der Waals surface area contributed by atoms with Crippen molar-refractivity contribution in [3.8, 4) is 0 Å². The summed E-state index contributed by atoms with van der Waals surface area (Å²) in [7, 11) is 14.9. The Morgan fingerprint density at radius 2 is 1.05 bits per heavy atom. The lowest BCUT2D eigenvalue weighted by Gasteiger charge is -2.33. The number of halogens is 3. The standard InChI is InChI=1S/C5H12Cl2N2.C5H12ClN2.3CH4/c1-8(2)5(6,7)9(3)4;1-7(2)5(6)8(3)4;;;/h1-4H3;1-4H3;3*1H4/q;+1;;;. The van der Waals surface area contributed by atoms with Gasteiger partial charge in [-0.05, 0) is 28.2 Å². The van der Waals surface area contributed by atoms with E-state index >= 15 is 0 Å². The summed E-state index contributed by atoms with van der Waals surface area (Å²) in [5.74, 6) is 0. The lowest BCUT2D eigenvalue weighted by molar-refractivity contribution is -0.466. The minimum atomic E-state index is -0.889. The van der Waals surface area contributed by atoms with Crippen molar-refractivity contribution < 1.29 is 4.58 Å². The summed E-state index contributed by atoms with van der Waals surface area (Å²) in [4.78, 5) is 5.29. The van der Waals surface area contributed by atoms with Crippen molar-refractivity contribution in [2.24, 2.45) is 0 Å². The minimum absolute atomic E-state index is 0. The molecule has 0 aromatic carbocycles. The Morgan fingerprint density at radius 3 is 1.05 bits per heavy atom. The fraction of sp³-hybridized carbons (Fsp3) is 0.923. The average Bonchev–Trinajstić information content (AvgIpc) is 2.16. The first-order valence-electron chi connectivity index (χ1n) is 5.04. The van der Waals surface area contributed by atoms with Gasteiger partial charge in [-0.25, -0.2) is 0 Å². The van der Waals surface area contributed by atoms with Gasteiger partial charge in [-0.2, -0.15) is 0 Å². The van der Waals surface area contributed by atoms with E-state index in [2.05, 4.69) is 0 Å². The summed E-state index contributed by atoms with van der Waals surface area (Å²) in [6.07, 6.45) is 0. The van der Waals surface area contributed by atoms with Crippen LogP contribution in [0.25, 0.3) is 0 Å². The van der Waals surface area contributed by atoms with Crippen molar-refractivity contribution in [1.82, 2.24) is 14.7 Å². The minimum Gasteiger partial charge on any atom is -0.266 e. The summed E-state index contributed by atoms with van der Waals surface area (Å²) in [6.45, 7) is 0. The molecule has 0 rings (SSSR count). The Labute approximate surface area is 142 Å². The van der Waals surface area contributed by atoms with Crippen LogP contribution in [0, 0.1) is 0 Å². The van der Waals surface area contributed by atoms with Crippen LogP contribution < -0.4 is 0 Å². The molecule has 0 radical (unpaired) electrons. The molecule has 0 amide bonds. The van der Waals surface area contributed by atoms with Crippen LogP contribution in [0.3, 0.4) is 0 Å². The van der Waals surface area contributed by atoms with Crippen molar-refractivity contribution in [3.05, 3.63) is 0 Å². The monoisotopic (exact) mass is 353 g/mol. The van der Waals surface area contributed by atoms with E-state index in [-0.39, 0.29) is 22.3 Å². The first-order chi connectivity index (χ1) is 7.44. The third kappa shape index (κ3) is 13.3. The zero-order valence-electron chi connectivity index (χ0n) is 11.9. The molecule has 0 atom stereocenters. The molecule has 7 heteroatoms. The molecule has 0 fully saturated rings. The normalized spacial score (nSPS) is 9.45. The molecule has 0 saturated heterocycles. The van der Waals surface area contributed by atoms with Crippen LogP contribution in [0.4, 0.5) is 0 Å². The van der Waals surface area contributed by atoms with Gasteiger partial charge in [0.05, 0.1) is 28.2 Å². The number of rotatable bonds is 2. The topological polar surface area (TPSA) is 12.7 Å². The van der Waals surface area contributed by atoms with Crippen LogP contribution in [0.2, 0.25) is 0 Å². The van der Waals surface area contributed by atoms with E-state index in [0.29, 0.717) is 0 Å². The SMILES string of the molecule is C.C.C.CN(C)C(Cl)(Cl)N(C)C.CN(C)C(Cl)=[N+](C)C. The largest absolute Gasteiger partial charge is 0.344 e. The number of amidine groups is 1. The Kier molecular flexibility index (Phi) is 22.9. The van der Waals surface area contributed by atoms with Crippen LogP contribution >= 0.6 is 34.8 Å². The maximum Gasteiger partial charge on any atom is 0.344 e. The van der Waals surface area contributed by atoms with E-state index in [0.717, 1.165) is 5.29 Å². The van der Waals surface area contributed by atoms with Crippen molar-refractivity contribution >= 4 is 40.1 Å². The molecule has 0 aliphatic heterocycles. The molecule has 0 N–H and O–H groups in total. The quantitative estimate of drug-likeness (QED) is 0.188. The summed E-state index contributed by atoms with van der Waals surface area (Å²) in [5, 5.41) is 0.741. The van der Waals surface area contributed by atoms with Crippen LogP contribution in [-0.2, 0) is 0 Å². The lowest BCUT2D eigenvalue weighted by atomic mass is 10.7. The van der Waals surface area contributed by atoms with E-state index < -0.39 is 4.58 Å². The fourth-order valence-electron chi connectivity index (χ4n) is 0.800. The van der Waals surface area contributed by atoms with Gasteiger partial charge in [-0.1, -0.05) is 45.5 Å². The molecule has 0 heterocycles. The van der Waals surface area contributed by atoms with E-state index in [1.807, 2.05) is 65.9 Å². The Morgan fingerprint density at radius 1 is 0.800 bits per heavy atom. The van der Waals surface area contributed by atoms with Crippen LogP contribution in [0.15, 0.2) is 0 Å². The Balaban J connectivity index is -0.0000000655. The zero-order chi connectivity index (χ0) is 14.4. The van der Waals surface area contributed by atoms with Gasteiger partial charge in [0.25, 0.3) is 0 Å². The molecule has 0 aromatic rings. The van der Waals surface area contributed by atoms with Gasteiger partial charge in [-0.3, -0.25) is 19.3 Å². The molecule has 4 nitrogen and oxygen atoms in total. The van der Waals surface area contributed by atoms with Crippen molar-refractivity contribution in [2.45, 2.75) is 26.9 Å². The van der Waals surface area contributed by atoms with Gasteiger partial charge >= 0.3 is 5.29 Å². The summed E-state index contributed by atoms with van der Waals surface area (Å²) in [6, 6.07) is 0. The zero-order valence-corrected chi connectivity index (χ0v) is 14.2. The van der Waals surface area contributed by atoms with Crippen LogP contribution in [0.1, 0.15) is 22.3 Å². The molecular formula is C13H36Cl3N4+. The Bertz CT molecular complexity index is 238. The van der Waals surface area contributed by atoms with Gasteiger partial charge < -0.3 is 0 Å². The molecular weight excluding hydrogens is 319 g/mol. The maximum absolute atomic E-state index is 5.82. The van der Waals surface area contributed by atoms with Gasteiger partial charge in [0.2, 0.25) is 4.58 Å². The lowest BCUT2D eigenvalue weighted by Crippen LogP contribution is -2.45. The second-order valence-electron chi connectivity index (χ2n) is 4.36. The maximum atomic E-state index is 5.82. The highest BCUT2D eigenvalue weighted by Gasteiger charge is 2.28. The fourth-order valence-corrected chi connectivity index (χ4v) is 0.800. The van der Waals surface area contributed by atoms with E-state index in [4.69, 9.17) is 34.8 Å². The number of alkyl halides is 2. The third-order valence-corrected chi connectivity index (χ3v) is 3.84. The van der Waals surface area contributed by atoms with E-state index in [9.17, 15) is 0 Å². The molecule has 0 bridgehead atoms. The summed E-state index contributed by atoms with van der Waals surface area (Å²) < 4.78 is 0.960. The molecule has 0 saturated carbocycles. The molecule has 0 unspecified atom stereocenters. The summed E-state index contributed by atoms with van der Waals surface area (Å²) in [5.41, 5.74) is 0. The molecule has 0 aromatic heterocycles. The number of hydrogen-bond donors (Lipinski definition) is 0. The van der Waals surface area contributed by atoms with E-state index in [1.165, 1.54) is 0 Å². The predicted molar refractivity (Wildman–Crippen MR) is 98.7 cm³/mol. The second kappa shape index (κ2) is 14.2. The van der Waals surface area contributed by atoms with Crippen molar-refractivity contribution in [1.29, 1.82) is 0 Å².